The summed E-state index contributed by atoms with van der Waals surface area (Å²) < 4.78 is 1.81. The number of rotatable bonds is 5. The summed E-state index contributed by atoms with van der Waals surface area (Å²) in [6.07, 6.45) is 4.87. The zero-order chi connectivity index (χ0) is 27.3. The number of aryl methyl sites for hydroxylation is 2. The van der Waals surface area contributed by atoms with Crippen LogP contribution in [0.1, 0.15) is 76.9 Å². The number of benzene rings is 2. The third kappa shape index (κ3) is 4.90. The van der Waals surface area contributed by atoms with Crippen molar-refractivity contribution in [3.63, 3.8) is 0 Å². The summed E-state index contributed by atoms with van der Waals surface area (Å²) in [5, 5.41) is 11.1. The van der Waals surface area contributed by atoms with Crippen molar-refractivity contribution in [2.45, 2.75) is 57.9 Å². The fraction of sp³-hybridized carbons (Fsp3) is 0.290. The Labute approximate surface area is 227 Å². The van der Waals surface area contributed by atoms with Crippen molar-refractivity contribution in [3.05, 3.63) is 88.6 Å². The second-order valence-corrected chi connectivity index (χ2v) is 11.4. The van der Waals surface area contributed by atoms with Crippen LogP contribution in [0.15, 0.2) is 60.8 Å². The second kappa shape index (κ2) is 9.38. The molecule has 0 saturated heterocycles. The van der Waals surface area contributed by atoms with Crippen LogP contribution < -0.4 is 16.4 Å². The molecule has 0 unspecified atom stereocenters. The van der Waals surface area contributed by atoms with Crippen LogP contribution in [0, 0.1) is 0 Å². The Balaban J connectivity index is 1.26. The van der Waals surface area contributed by atoms with E-state index in [0.717, 1.165) is 12.1 Å². The van der Waals surface area contributed by atoms with E-state index in [-0.39, 0.29) is 11.3 Å². The van der Waals surface area contributed by atoms with Crippen LogP contribution in [-0.4, -0.2) is 26.6 Å². The summed E-state index contributed by atoms with van der Waals surface area (Å²) >= 11 is 0. The van der Waals surface area contributed by atoms with Crippen LogP contribution >= 0.6 is 0 Å². The van der Waals surface area contributed by atoms with E-state index in [1.807, 2.05) is 16.8 Å². The minimum Gasteiger partial charge on any atom is -0.365 e. The van der Waals surface area contributed by atoms with Crippen LogP contribution in [-0.2, 0) is 18.4 Å². The number of nitrogens with one attached hydrogen (secondary N) is 2. The van der Waals surface area contributed by atoms with Gasteiger partial charge in [0.25, 0.3) is 11.8 Å². The van der Waals surface area contributed by atoms with Gasteiger partial charge in [0.2, 0.25) is 0 Å². The van der Waals surface area contributed by atoms with Crippen LogP contribution in [0.5, 0.6) is 0 Å². The molecular formula is C31H32N6O2. The van der Waals surface area contributed by atoms with Gasteiger partial charge in [-0.15, -0.1) is 0 Å². The first kappa shape index (κ1) is 24.9. The molecule has 1 saturated carbocycles. The number of pyridine rings is 1. The second-order valence-electron chi connectivity index (χ2n) is 11.4. The van der Waals surface area contributed by atoms with Crippen LogP contribution in [0.3, 0.4) is 0 Å². The quantitative estimate of drug-likeness (QED) is 0.309. The first-order valence-electron chi connectivity index (χ1n) is 13.4. The maximum atomic E-state index is 12.9. The molecule has 3 heterocycles. The van der Waals surface area contributed by atoms with Crippen LogP contribution in [0.2, 0.25) is 0 Å². The highest BCUT2D eigenvalue weighted by atomic mass is 16.2. The highest BCUT2D eigenvalue weighted by Crippen LogP contribution is 2.40. The number of primary amides is 1. The van der Waals surface area contributed by atoms with Gasteiger partial charge in [-0.1, -0.05) is 45.0 Å². The van der Waals surface area contributed by atoms with Crippen LogP contribution in [0.4, 0.5) is 17.3 Å². The molecule has 8 nitrogen and oxygen atoms in total. The third-order valence-electron chi connectivity index (χ3n) is 7.51. The first-order chi connectivity index (χ1) is 18.7. The number of nitrogens with two attached hydrogens (primary N) is 1. The predicted molar refractivity (Wildman–Crippen MR) is 152 cm³/mol. The Bertz CT molecular complexity index is 1590. The highest BCUT2D eigenvalue weighted by molar-refractivity contribution is 6.06. The van der Waals surface area contributed by atoms with Crippen molar-refractivity contribution in [3.8, 4) is 11.3 Å². The minimum atomic E-state index is -0.558. The molecule has 2 aliphatic rings. The van der Waals surface area contributed by atoms with E-state index in [1.165, 1.54) is 29.5 Å². The number of nitrogens with zero attached hydrogens (tertiary/aromatic N) is 3. The first-order valence-corrected chi connectivity index (χ1v) is 13.4. The molecule has 8 heteroatoms. The minimum absolute atomic E-state index is 0.0423. The monoisotopic (exact) mass is 520 g/mol. The van der Waals surface area contributed by atoms with E-state index in [1.54, 1.807) is 30.5 Å². The number of fused-ring (bicyclic) bond motifs is 2. The maximum Gasteiger partial charge on any atom is 0.256 e. The molecule has 2 aromatic heterocycles. The molecule has 39 heavy (non-hydrogen) atoms. The number of aromatic nitrogens is 3. The predicted octanol–water partition coefficient (Wildman–Crippen LogP) is 5.77. The molecule has 0 bridgehead atoms. The average molecular weight is 521 g/mol. The summed E-state index contributed by atoms with van der Waals surface area (Å²) in [6, 6.07) is 17.4. The van der Waals surface area contributed by atoms with E-state index in [9.17, 15) is 9.59 Å². The Morgan fingerprint density at radius 1 is 1.05 bits per heavy atom. The maximum absolute atomic E-state index is 12.9. The summed E-state index contributed by atoms with van der Waals surface area (Å²) in [6.45, 7) is 7.19. The lowest BCUT2D eigenvalue weighted by Gasteiger charge is -2.21. The van der Waals surface area contributed by atoms with E-state index < -0.39 is 5.91 Å². The van der Waals surface area contributed by atoms with Crippen LogP contribution in [0.25, 0.3) is 11.3 Å². The van der Waals surface area contributed by atoms with E-state index in [4.69, 9.17) is 10.8 Å². The molecule has 4 aromatic rings. The average Bonchev–Trinajstić information content (AvgIpc) is 3.72. The topological polar surface area (TPSA) is 115 Å². The van der Waals surface area contributed by atoms with Gasteiger partial charge in [0.1, 0.15) is 22.9 Å². The number of hydrogen-bond donors (Lipinski definition) is 3. The fourth-order valence-corrected chi connectivity index (χ4v) is 5.08. The molecule has 1 aliphatic heterocycles. The van der Waals surface area contributed by atoms with Gasteiger partial charge < -0.3 is 16.4 Å². The molecule has 2 aromatic carbocycles. The standard InChI is InChI=1S/C31H32N6O2/c1-31(2,3)23-10-11-24-22(16-23)13-15-37-29(34-24)26(28(32)38)27(36-37)19-6-8-20(9-7-19)30(39)35-25-17-21(12-14-33-25)18-4-5-18/h6-12,14,16-18,34H,4-5,13,15H2,1-3H3,(H2,32,38)(H,33,35,39). The van der Waals surface area contributed by atoms with Gasteiger partial charge in [0.05, 0.1) is 0 Å². The van der Waals surface area contributed by atoms with Gasteiger partial charge in [-0.25, -0.2) is 9.67 Å². The van der Waals surface area contributed by atoms with E-state index in [0.29, 0.717) is 46.5 Å². The van der Waals surface area contributed by atoms with Crippen molar-refractivity contribution in [1.82, 2.24) is 14.8 Å². The van der Waals surface area contributed by atoms with Crippen molar-refractivity contribution in [1.29, 1.82) is 0 Å². The molecule has 2 amide bonds. The summed E-state index contributed by atoms with van der Waals surface area (Å²) in [7, 11) is 0. The molecule has 0 radical (unpaired) electrons. The molecule has 0 atom stereocenters. The zero-order valence-electron chi connectivity index (χ0n) is 22.4. The smallest absolute Gasteiger partial charge is 0.256 e. The van der Waals surface area contributed by atoms with Crippen molar-refractivity contribution in [2.75, 3.05) is 10.6 Å². The van der Waals surface area contributed by atoms with Gasteiger partial charge in [0.15, 0.2) is 0 Å². The number of amides is 2. The molecular weight excluding hydrogens is 488 g/mol. The van der Waals surface area contributed by atoms with E-state index in [2.05, 4.69) is 54.6 Å². The van der Waals surface area contributed by atoms with Gasteiger partial charge >= 0.3 is 0 Å². The Morgan fingerprint density at radius 3 is 2.51 bits per heavy atom. The Morgan fingerprint density at radius 2 is 1.82 bits per heavy atom. The Hall–Kier alpha value is -4.46. The van der Waals surface area contributed by atoms with Crippen molar-refractivity contribution in [2.24, 2.45) is 5.73 Å². The number of hydrogen-bond acceptors (Lipinski definition) is 5. The van der Waals surface area contributed by atoms with Crippen molar-refractivity contribution < 1.29 is 9.59 Å². The molecule has 198 valence electrons. The molecule has 1 aliphatic carbocycles. The summed E-state index contributed by atoms with van der Waals surface area (Å²) in [4.78, 5) is 29.8. The van der Waals surface area contributed by atoms with Crippen molar-refractivity contribution >= 4 is 29.1 Å². The zero-order valence-corrected chi connectivity index (χ0v) is 22.4. The molecule has 4 N–H and O–H groups in total. The normalized spacial score (nSPS) is 14.5. The SMILES string of the molecule is CC(C)(C)c1ccc2c(c1)CCn1nc(-c3ccc(C(=O)Nc4cc(C5CC5)ccn4)cc3)c(C(N)=O)c1N2. The van der Waals surface area contributed by atoms with Gasteiger partial charge in [-0.2, -0.15) is 5.10 Å². The number of carbonyl (C=O) groups is 2. The fourth-order valence-electron chi connectivity index (χ4n) is 5.08. The lowest BCUT2D eigenvalue weighted by molar-refractivity contribution is 0.0998. The summed E-state index contributed by atoms with van der Waals surface area (Å²) in [5.74, 6) is 0.908. The van der Waals surface area contributed by atoms with Gasteiger partial charge in [-0.3, -0.25) is 9.59 Å². The molecule has 1 fully saturated rings. The lowest BCUT2D eigenvalue weighted by Crippen LogP contribution is -2.14. The lowest BCUT2D eigenvalue weighted by atomic mass is 9.85. The molecule has 0 spiro atoms. The largest absolute Gasteiger partial charge is 0.365 e. The Kier molecular flexibility index (Phi) is 5.98. The molecule has 6 rings (SSSR count). The highest BCUT2D eigenvalue weighted by Gasteiger charge is 2.27. The van der Waals surface area contributed by atoms with Gasteiger partial charge in [-0.05, 0) is 77.6 Å². The van der Waals surface area contributed by atoms with Gasteiger partial charge in [0, 0.05) is 29.6 Å². The number of carbonyl (C=O) groups excluding carboxylic acids is 2. The number of anilines is 3. The third-order valence-corrected chi connectivity index (χ3v) is 7.51. The summed E-state index contributed by atoms with van der Waals surface area (Å²) in [5.41, 5.74) is 12.5. The van der Waals surface area contributed by atoms with E-state index >= 15 is 0 Å².